The highest BCUT2D eigenvalue weighted by Crippen LogP contribution is 2.40. The number of fused-ring (bicyclic) bond motifs is 1. The summed E-state index contributed by atoms with van der Waals surface area (Å²) in [6, 6.07) is 10.3. The van der Waals surface area contributed by atoms with Crippen LogP contribution in [0.15, 0.2) is 51.6 Å². The summed E-state index contributed by atoms with van der Waals surface area (Å²) in [6.45, 7) is 7.89. The number of hydrogen-bond donors (Lipinski definition) is 0. The quantitative estimate of drug-likeness (QED) is 0.383. The maximum atomic E-state index is 12.9. The molecule has 1 amide bonds. The second-order valence-corrected chi connectivity index (χ2v) is 9.37. The normalized spacial score (nSPS) is 15.5. The molecule has 162 valence electrons. The molecule has 0 radical (unpaired) electrons. The Labute approximate surface area is 192 Å². The van der Waals surface area contributed by atoms with E-state index in [1.165, 1.54) is 0 Å². The maximum absolute atomic E-state index is 12.9. The van der Waals surface area contributed by atoms with Crippen molar-refractivity contribution >= 4 is 38.4 Å². The van der Waals surface area contributed by atoms with E-state index in [2.05, 4.69) is 41.1 Å². The third-order valence-corrected chi connectivity index (χ3v) is 6.79. The lowest BCUT2D eigenvalue weighted by Gasteiger charge is -2.29. The van der Waals surface area contributed by atoms with Gasteiger partial charge in [0.25, 0.3) is 0 Å². The monoisotopic (exact) mass is 481 g/mol. The number of likely N-dealkylation sites (tertiary alicyclic amines) is 1. The Morgan fingerprint density at radius 3 is 2.55 bits per heavy atom. The van der Waals surface area contributed by atoms with E-state index in [0.29, 0.717) is 5.92 Å². The van der Waals surface area contributed by atoms with Crippen LogP contribution < -0.4 is 4.74 Å². The van der Waals surface area contributed by atoms with Gasteiger partial charge >= 0.3 is 0 Å². The summed E-state index contributed by atoms with van der Waals surface area (Å²) in [5.74, 6) is 1.51. The molecule has 4 rings (SSSR count). The highest BCUT2D eigenvalue weighted by molar-refractivity contribution is 9.10. The fraction of sp³-hybridized carbons (Fsp3) is 0.346. The zero-order chi connectivity index (χ0) is 22.1. The van der Waals surface area contributed by atoms with E-state index >= 15 is 0 Å². The van der Waals surface area contributed by atoms with Crippen molar-refractivity contribution in [2.75, 3.05) is 20.2 Å². The van der Waals surface area contributed by atoms with Crippen molar-refractivity contribution < 1.29 is 13.9 Å². The van der Waals surface area contributed by atoms with Crippen LogP contribution in [-0.4, -0.2) is 31.0 Å². The number of carbonyl (C=O) groups is 1. The second kappa shape index (κ2) is 8.91. The molecule has 2 heterocycles. The molecule has 0 N–H and O–H groups in total. The summed E-state index contributed by atoms with van der Waals surface area (Å²) in [7, 11) is 1.66. The van der Waals surface area contributed by atoms with Gasteiger partial charge in [-0.1, -0.05) is 35.0 Å². The SMILES string of the molecule is COc1c(/C(C)=C/C(=O)N2CCC(C)CC2)cc2c(-c3ccc(Br)cc3)coc2c1C. The number of methoxy groups -OCH3 is 1. The summed E-state index contributed by atoms with van der Waals surface area (Å²) < 4.78 is 12.7. The van der Waals surface area contributed by atoms with E-state index in [0.717, 1.165) is 74.9 Å². The molecule has 1 aliphatic rings. The topological polar surface area (TPSA) is 42.7 Å². The van der Waals surface area contributed by atoms with Gasteiger partial charge < -0.3 is 14.1 Å². The zero-order valence-electron chi connectivity index (χ0n) is 18.5. The fourth-order valence-corrected chi connectivity index (χ4v) is 4.57. The highest BCUT2D eigenvalue weighted by Gasteiger charge is 2.21. The van der Waals surface area contributed by atoms with Crippen molar-refractivity contribution in [1.29, 1.82) is 0 Å². The summed E-state index contributed by atoms with van der Waals surface area (Å²) in [5, 5.41) is 1.02. The lowest BCUT2D eigenvalue weighted by atomic mass is 9.96. The van der Waals surface area contributed by atoms with E-state index in [9.17, 15) is 4.79 Å². The number of nitrogens with zero attached hydrogens (tertiary/aromatic N) is 1. The Bertz CT molecular complexity index is 1140. The summed E-state index contributed by atoms with van der Waals surface area (Å²) in [6.07, 6.45) is 5.68. The van der Waals surface area contributed by atoms with E-state index < -0.39 is 0 Å². The summed E-state index contributed by atoms with van der Waals surface area (Å²) in [5.41, 5.74) is 5.67. The van der Waals surface area contributed by atoms with E-state index in [-0.39, 0.29) is 5.91 Å². The van der Waals surface area contributed by atoms with Crippen LogP contribution in [0.3, 0.4) is 0 Å². The molecular formula is C26H28BrNO3. The van der Waals surface area contributed by atoms with Crippen LogP contribution in [0, 0.1) is 12.8 Å². The van der Waals surface area contributed by atoms with Crippen LogP contribution in [0.1, 0.15) is 37.8 Å². The number of benzene rings is 2. The average Bonchev–Trinajstić information content (AvgIpc) is 3.19. The largest absolute Gasteiger partial charge is 0.496 e. The third-order valence-electron chi connectivity index (χ3n) is 6.26. The minimum Gasteiger partial charge on any atom is -0.496 e. The number of piperidine rings is 1. The fourth-order valence-electron chi connectivity index (χ4n) is 4.31. The van der Waals surface area contributed by atoms with Gasteiger partial charge in [0.05, 0.1) is 13.4 Å². The first kappa shape index (κ1) is 21.7. The van der Waals surface area contributed by atoms with Gasteiger partial charge in [0, 0.05) is 45.7 Å². The van der Waals surface area contributed by atoms with Crippen LogP contribution in [-0.2, 0) is 4.79 Å². The molecule has 1 aliphatic heterocycles. The van der Waals surface area contributed by atoms with Gasteiger partial charge in [-0.2, -0.15) is 0 Å². The Morgan fingerprint density at radius 1 is 1.23 bits per heavy atom. The van der Waals surface area contributed by atoms with Gasteiger partial charge in [0.1, 0.15) is 11.3 Å². The molecule has 0 bridgehead atoms. The van der Waals surface area contributed by atoms with Gasteiger partial charge in [-0.3, -0.25) is 4.79 Å². The minimum absolute atomic E-state index is 0.0736. The Kier molecular flexibility index (Phi) is 6.24. The average molecular weight is 482 g/mol. The van der Waals surface area contributed by atoms with E-state index in [4.69, 9.17) is 9.15 Å². The standard InChI is InChI=1S/C26H28BrNO3/c1-16-9-11-28(12-10-16)24(29)13-17(2)21-14-22-23(19-5-7-20(27)8-6-19)15-31-26(22)18(3)25(21)30-4/h5-8,13-16H,9-12H2,1-4H3/b17-13+. The molecule has 1 aromatic heterocycles. The molecule has 0 unspecified atom stereocenters. The van der Waals surface area contributed by atoms with Crippen molar-refractivity contribution in [2.45, 2.75) is 33.6 Å². The number of allylic oxidation sites excluding steroid dienone is 1. The number of ether oxygens (including phenoxy) is 1. The number of amides is 1. The smallest absolute Gasteiger partial charge is 0.246 e. The van der Waals surface area contributed by atoms with Gasteiger partial charge in [-0.05, 0) is 61.9 Å². The first-order chi connectivity index (χ1) is 14.9. The van der Waals surface area contributed by atoms with Crippen molar-refractivity contribution in [1.82, 2.24) is 4.90 Å². The van der Waals surface area contributed by atoms with E-state index in [1.54, 1.807) is 19.4 Å². The molecule has 31 heavy (non-hydrogen) atoms. The van der Waals surface area contributed by atoms with Gasteiger partial charge in [-0.15, -0.1) is 0 Å². The molecule has 4 nitrogen and oxygen atoms in total. The molecule has 0 spiro atoms. The van der Waals surface area contributed by atoms with E-state index in [1.807, 2.05) is 30.9 Å². The van der Waals surface area contributed by atoms with Gasteiger partial charge in [0.2, 0.25) is 5.91 Å². The van der Waals surface area contributed by atoms with Crippen LogP contribution in [0.2, 0.25) is 0 Å². The predicted octanol–water partition coefficient (Wildman–Crippen LogP) is 6.84. The molecule has 0 saturated carbocycles. The molecule has 1 fully saturated rings. The molecular weight excluding hydrogens is 454 g/mol. The van der Waals surface area contributed by atoms with Crippen LogP contribution in [0.25, 0.3) is 27.7 Å². The number of aryl methyl sites for hydroxylation is 1. The first-order valence-corrected chi connectivity index (χ1v) is 11.5. The Morgan fingerprint density at radius 2 is 1.90 bits per heavy atom. The molecule has 1 saturated heterocycles. The summed E-state index contributed by atoms with van der Waals surface area (Å²) >= 11 is 3.50. The zero-order valence-corrected chi connectivity index (χ0v) is 20.1. The molecule has 0 atom stereocenters. The lowest BCUT2D eigenvalue weighted by Crippen LogP contribution is -2.36. The highest BCUT2D eigenvalue weighted by atomic mass is 79.9. The Balaban J connectivity index is 1.76. The molecule has 2 aromatic carbocycles. The number of carbonyl (C=O) groups excluding carboxylic acids is 1. The van der Waals surface area contributed by atoms with Crippen LogP contribution in [0.5, 0.6) is 5.75 Å². The Hall–Kier alpha value is -2.53. The first-order valence-electron chi connectivity index (χ1n) is 10.7. The second-order valence-electron chi connectivity index (χ2n) is 8.45. The number of furan rings is 1. The number of halogens is 1. The molecule has 5 heteroatoms. The third kappa shape index (κ3) is 4.29. The number of rotatable bonds is 4. The van der Waals surface area contributed by atoms with Crippen molar-refractivity contribution in [3.05, 3.63) is 58.3 Å². The molecule has 3 aromatic rings. The lowest BCUT2D eigenvalue weighted by molar-refractivity contribution is -0.127. The predicted molar refractivity (Wildman–Crippen MR) is 129 cm³/mol. The summed E-state index contributed by atoms with van der Waals surface area (Å²) in [4.78, 5) is 14.8. The van der Waals surface area contributed by atoms with Gasteiger partial charge in [-0.25, -0.2) is 0 Å². The van der Waals surface area contributed by atoms with Crippen molar-refractivity contribution in [3.8, 4) is 16.9 Å². The maximum Gasteiger partial charge on any atom is 0.246 e. The van der Waals surface area contributed by atoms with Crippen LogP contribution >= 0.6 is 15.9 Å². The number of hydrogen-bond acceptors (Lipinski definition) is 3. The van der Waals surface area contributed by atoms with Gasteiger partial charge in [0.15, 0.2) is 0 Å². The van der Waals surface area contributed by atoms with Crippen LogP contribution in [0.4, 0.5) is 0 Å². The van der Waals surface area contributed by atoms with Crippen molar-refractivity contribution in [3.63, 3.8) is 0 Å². The van der Waals surface area contributed by atoms with Crippen molar-refractivity contribution in [2.24, 2.45) is 5.92 Å². The minimum atomic E-state index is 0.0736. The molecule has 0 aliphatic carbocycles.